The van der Waals surface area contributed by atoms with Gasteiger partial charge in [-0.2, -0.15) is 0 Å². The molecule has 0 saturated heterocycles. The molecule has 0 aliphatic rings. The Balaban J connectivity index is 0.00000392. The molecule has 0 aliphatic heterocycles. The molecule has 156 valence electrons. The van der Waals surface area contributed by atoms with Crippen LogP contribution in [0.4, 0.5) is 0 Å². The number of rotatable bonds is 11. The third-order valence-electron chi connectivity index (χ3n) is 3.95. The molecular weight excluding hydrogens is 471 g/mol. The van der Waals surface area contributed by atoms with Crippen molar-refractivity contribution in [3.05, 3.63) is 41.8 Å². The minimum atomic E-state index is 0. The van der Waals surface area contributed by atoms with Crippen molar-refractivity contribution in [1.82, 2.24) is 15.6 Å². The van der Waals surface area contributed by atoms with Crippen molar-refractivity contribution in [2.24, 2.45) is 4.99 Å². The van der Waals surface area contributed by atoms with Crippen molar-refractivity contribution in [2.75, 3.05) is 40.5 Å². The maximum absolute atomic E-state index is 5.58. The van der Waals surface area contributed by atoms with Crippen molar-refractivity contribution < 1.29 is 13.9 Å². The average Bonchev–Trinajstić information content (AvgIpc) is 3.16. The van der Waals surface area contributed by atoms with E-state index in [1.54, 1.807) is 20.4 Å². The molecule has 0 radical (unpaired) electrons. The van der Waals surface area contributed by atoms with Gasteiger partial charge in [-0.1, -0.05) is 17.7 Å². The van der Waals surface area contributed by atoms with Gasteiger partial charge >= 0.3 is 0 Å². The van der Waals surface area contributed by atoms with Gasteiger partial charge in [0.2, 0.25) is 5.89 Å². The molecule has 1 aromatic heterocycles. The van der Waals surface area contributed by atoms with E-state index >= 15 is 0 Å². The summed E-state index contributed by atoms with van der Waals surface area (Å²) < 4.78 is 16.0. The fourth-order valence-corrected chi connectivity index (χ4v) is 2.39. The fourth-order valence-electron chi connectivity index (χ4n) is 2.39. The monoisotopic (exact) mass is 502 g/mol. The first-order chi connectivity index (χ1) is 13.2. The quantitative estimate of drug-likeness (QED) is 0.212. The number of ether oxygens (including phenoxy) is 2. The number of nitrogens with one attached hydrogen (secondary N) is 2. The number of halogens is 1. The van der Waals surface area contributed by atoms with Crippen LogP contribution in [-0.2, 0) is 16.0 Å². The van der Waals surface area contributed by atoms with Crippen molar-refractivity contribution in [2.45, 2.75) is 26.3 Å². The second-order valence-electron chi connectivity index (χ2n) is 6.17. The highest BCUT2D eigenvalue weighted by atomic mass is 127. The maximum atomic E-state index is 5.58. The van der Waals surface area contributed by atoms with Gasteiger partial charge in [0.05, 0.1) is 25.5 Å². The molecule has 0 spiro atoms. The summed E-state index contributed by atoms with van der Waals surface area (Å²) in [6, 6.07) is 8.12. The van der Waals surface area contributed by atoms with Gasteiger partial charge < -0.3 is 24.5 Å². The van der Waals surface area contributed by atoms with Gasteiger partial charge in [-0.3, -0.25) is 4.99 Å². The van der Waals surface area contributed by atoms with E-state index in [2.05, 4.69) is 27.5 Å². The summed E-state index contributed by atoms with van der Waals surface area (Å²) in [5.74, 6) is 1.37. The predicted molar refractivity (Wildman–Crippen MR) is 122 cm³/mol. The lowest BCUT2D eigenvalue weighted by atomic mass is 10.1. The van der Waals surface area contributed by atoms with Crippen molar-refractivity contribution in [1.29, 1.82) is 0 Å². The largest absolute Gasteiger partial charge is 0.444 e. The van der Waals surface area contributed by atoms with E-state index < -0.39 is 0 Å². The summed E-state index contributed by atoms with van der Waals surface area (Å²) in [7, 11) is 3.43. The lowest BCUT2D eigenvalue weighted by Crippen LogP contribution is -2.37. The molecular formula is C20H31IN4O3. The Morgan fingerprint density at radius 3 is 2.61 bits per heavy atom. The van der Waals surface area contributed by atoms with Crippen LogP contribution in [-0.4, -0.2) is 51.5 Å². The van der Waals surface area contributed by atoms with Crippen LogP contribution >= 0.6 is 24.0 Å². The molecule has 2 rings (SSSR count). The van der Waals surface area contributed by atoms with Crippen molar-refractivity contribution in [3.63, 3.8) is 0 Å². The Morgan fingerprint density at radius 1 is 1.11 bits per heavy atom. The van der Waals surface area contributed by atoms with Crippen LogP contribution in [0.1, 0.15) is 24.1 Å². The number of guanidine groups is 1. The van der Waals surface area contributed by atoms with Gasteiger partial charge in [0.15, 0.2) is 5.96 Å². The van der Waals surface area contributed by atoms with Crippen LogP contribution in [0.3, 0.4) is 0 Å². The molecule has 0 fully saturated rings. The van der Waals surface area contributed by atoms with Gasteiger partial charge in [0.1, 0.15) is 6.26 Å². The van der Waals surface area contributed by atoms with Crippen LogP contribution in [0, 0.1) is 6.92 Å². The smallest absolute Gasteiger partial charge is 0.226 e. The number of aromatic nitrogens is 1. The molecule has 0 bridgehead atoms. The van der Waals surface area contributed by atoms with Gasteiger partial charge in [0, 0.05) is 32.9 Å². The Morgan fingerprint density at radius 2 is 1.89 bits per heavy atom. The Kier molecular flexibility index (Phi) is 12.5. The molecule has 2 aromatic rings. The van der Waals surface area contributed by atoms with Crippen molar-refractivity contribution in [3.8, 4) is 11.5 Å². The molecule has 28 heavy (non-hydrogen) atoms. The first-order valence-corrected chi connectivity index (χ1v) is 9.25. The zero-order chi connectivity index (χ0) is 19.3. The molecule has 0 saturated carbocycles. The summed E-state index contributed by atoms with van der Waals surface area (Å²) >= 11 is 0. The van der Waals surface area contributed by atoms with E-state index in [-0.39, 0.29) is 24.0 Å². The van der Waals surface area contributed by atoms with Crippen molar-refractivity contribution >= 4 is 29.9 Å². The molecule has 0 unspecified atom stereocenters. The van der Waals surface area contributed by atoms with E-state index in [0.29, 0.717) is 25.6 Å². The molecule has 8 heteroatoms. The number of aryl methyl sites for hydroxylation is 1. The van der Waals surface area contributed by atoms with Gasteiger partial charge in [-0.05, 0) is 31.9 Å². The summed E-state index contributed by atoms with van der Waals surface area (Å²) in [5.41, 5.74) is 3.02. The van der Waals surface area contributed by atoms with E-state index in [1.807, 2.05) is 24.3 Å². The highest BCUT2D eigenvalue weighted by molar-refractivity contribution is 14.0. The average molecular weight is 502 g/mol. The lowest BCUT2D eigenvalue weighted by Gasteiger charge is -2.10. The van der Waals surface area contributed by atoms with E-state index in [9.17, 15) is 0 Å². The Hall–Kier alpha value is -1.65. The molecule has 1 heterocycles. The number of oxazole rings is 1. The third-order valence-corrected chi connectivity index (χ3v) is 3.95. The molecule has 0 atom stereocenters. The Labute approximate surface area is 184 Å². The molecule has 0 amide bonds. The summed E-state index contributed by atoms with van der Waals surface area (Å²) in [4.78, 5) is 8.75. The number of hydrogen-bond donors (Lipinski definition) is 2. The van der Waals surface area contributed by atoms with Gasteiger partial charge in [0.25, 0.3) is 0 Å². The Bertz CT molecular complexity index is 689. The summed E-state index contributed by atoms with van der Waals surface area (Å²) in [5, 5.41) is 6.53. The number of nitrogens with zero attached hydrogens (tertiary/aromatic N) is 2. The maximum Gasteiger partial charge on any atom is 0.226 e. The zero-order valence-electron chi connectivity index (χ0n) is 16.9. The lowest BCUT2D eigenvalue weighted by molar-refractivity contribution is 0.0689. The van der Waals surface area contributed by atoms with Crippen LogP contribution in [0.15, 0.2) is 39.9 Å². The first-order valence-electron chi connectivity index (χ1n) is 9.25. The number of aliphatic imine (C=N–C) groups is 1. The van der Waals surface area contributed by atoms with Crippen LogP contribution in [0.25, 0.3) is 11.5 Å². The zero-order valence-corrected chi connectivity index (χ0v) is 19.2. The summed E-state index contributed by atoms with van der Waals surface area (Å²) in [6.45, 7) is 5.48. The van der Waals surface area contributed by atoms with E-state index in [1.165, 1.54) is 5.56 Å². The molecule has 2 N–H and O–H groups in total. The van der Waals surface area contributed by atoms with Gasteiger partial charge in [-0.25, -0.2) is 4.98 Å². The number of methoxy groups -OCH3 is 1. The van der Waals surface area contributed by atoms with E-state index in [4.69, 9.17) is 13.9 Å². The van der Waals surface area contributed by atoms with Crippen LogP contribution in [0.5, 0.6) is 0 Å². The highest BCUT2D eigenvalue weighted by Gasteiger charge is 2.07. The SMILES string of the molecule is CN=C(NCCCCOCCOC)NCc1coc(-c2ccc(C)cc2)n1.I. The summed E-state index contributed by atoms with van der Waals surface area (Å²) in [6.07, 6.45) is 3.68. The second kappa shape index (κ2) is 14.4. The normalized spacial score (nSPS) is 11.2. The second-order valence-corrected chi connectivity index (χ2v) is 6.17. The predicted octanol–water partition coefficient (Wildman–Crippen LogP) is 3.38. The standard InChI is InChI=1S/C20H30N4O3.HI/c1-16-6-8-17(9-7-16)19-24-18(15-27-19)14-23-20(21-2)22-10-4-5-11-26-13-12-25-3;/h6-9,15H,4-5,10-14H2,1-3H3,(H2,21,22,23);1H. The minimum absolute atomic E-state index is 0. The molecule has 7 nitrogen and oxygen atoms in total. The van der Waals surface area contributed by atoms with Gasteiger partial charge in [-0.15, -0.1) is 24.0 Å². The molecule has 0 aliphatic carbocycles. The number of unbranched alkanes of at least 4 members (excludes halogenated alkanes) is 1. The third kappa shape index (κ3) is 9.03. The highest BCUT2D eigenvalue weighted by Crippen LogP contribution is 2.18. The van der Waals surface area contributed by atoms with Crippen LogP contribution in [0.2, 0.25) is 0 Å². The first kappa shape index (κ1) is 24.4. The number of hydrogen-bond acceptors (Lipinski definition) is 5. The number of benzene rings is 1. The van der Waals surface area contributed by atoms with Crippen LogP contribution < -0.4 is 10.6 Å². The fraction of sp³-hybridized carbons (Fsp3) is 0.500. The minimum Gasteiger partial charge on any atom is -0.444 e. The molecule has 1 aromatic carbocycles. The topological polar surface area (TPSA) is 80.9 Å². The van der Waals surface area contributed by atoms with E-state index in [0.717, 1.165) is 43.2 Å².